The van der Waals surface area contributed by atoms with Gasteiger partial charge in [-0.3, -0.25) is 0 Å². The van der Waals surface area contributed by atoms with Gasteiger partial charge in [-0.1, -0.05) is 58.1 Å². The van der Waals surface area contributed by atoms with Crippen LogP contribution < -0.4 is 0 Å². The lowest BCUT2D eigenvalue weighted by atomic mass is 9.77. The zero-order valence-electron chi connectivity index (χ0n) is 10.4. The summed E-state index contributed by atoms with van der Waals surface area (Å²) in [7, 11) is 0. The molecule has 1 aliphatic rings. The lowest BCUT2D eigenvalue weighted by Gasteiger charge is -2.30. The van der Waals surface area contributed by atoms with E-state index in [1.807, 2.05) is 0 Å². The number of rotatable bonds is 1. The molecule has 0 aromatic carbocycles. The van der Waals surface area contributed by atoms with Crippen LogP contribution in [0.2, 0.25) is 0 Å². The van der Waals surface area contributed by atoms with Gasteiger partial charge in [-0.15, -0.1) is 0 Å². The summed E-state index contributed by atoms with van der Waals surface area (Å²) in [5.41, 5.74) is 0. The van der Waals surface area contributed by atoms with Gasteiger partial charge < -0.3 is 0 Å². The summed E-state index contributed by atoms with van der Waals surface area (Å²) in [4.78, 5) is 10.8. The third-order valence-corrected chi connectivity index (χ3v) is 4.38. The molecule has 0 heterocycles. The molecule has 0 saturated heterocycles. The van der Waals surface area contributed by atoms with Crippen LogP contribution in [0.5, 0.6) is 0 Å². The number of hydrogen-bond donors (Lipinski definition) is 0. The Morgan fingerprint density at radius 2 is 1.47 bits per heavy atom. The molecule has 0 aromatic heterocycles. The summed E-state index contributed by atoms with van der Waals surface area (Å²) >= 11 is 0. The van der Waals surface area contributed by atoms with E-state index >= 15 is 0 Å². The molecular weight excluding hydrogens is 186 g/mol. The van der Waals surface area contributed by atoms with E-state index in [0.29, 0.717) is 11.8 Å². The van der Waals surface area contributed by atoms with Crippen molar-refractivity contribution in [2.24, 2.45) is 22.9 Å². The van der Waals surface area contributed by atoms with Gasteiger partial charge in [0.25, 0.3) is 0 Å². The van der Waals surface area contributed by atoms with E-state index in [0.717, 1.165) is 12.3 Å². The topological polar surface area (TPSA) is 29.4 Å². The number of nitroso groups, excluding NO2 is 1. The Hall–Kier alpha value is -0.400. The van der Waals surface area contributed by atoms with E-state index in [9.17, 15) is 4.91 Å². The monoisotopic (exact) mass is 211 g/mol. The highest BCUT2D eigenvalue weighted by molar-refractivity contribution is 4.80. The molecule has 88 valence electrons. The second kappa shape index (κ2) is 6.24. The van der Waals surface area contributed by atoms with E-state index in [1.165, 1.54) is 32.1 Å². The molecule has 2 heteroatoms. The van der Waals surface area contributed by atoms with Crippen molar-refractivity contribution in [1.82, 2.24) is 0 Å². The van der Waals surface area contributed by atoms with E-state index < -0.39 is 0 Å². The van der Waals surface area contributed by atoms with Gasteiger partial charge in [0.1, 0.15) is 0 Å². The van der Waals surface area contributed by atoms with Crippen molar-refractivity contribution in [1.29, 1.82) is 0 Å². The van der Waals surface area contributed by atoms with Gasteiger partial charge in [0, 0.05) is 0 Å². The van der Waals surface area contributed by atoms with Crippen molar-refractivity contribution >= 4 is 0 Å². The Kier molecular flexibility index (Phi) is 5.27. The minimum atomic E-state index is 0.0561. The molecule has 1 fully saturated rings. The molecule has 0 bridgehead atoms. The van der Waals surface area contributed by atoms with Crippen molar-refractivity contribution in [2.75, 3.05) is 0 Å². The van der Waals surface area contributed by atoms with Gasteiger partial charge in [-0.05, 0) is 24.2 Å². The fourth-order valence-electron chi connectivity index (χ4n) is 2.72. The molecule has 2 nitrogen and oxygen atoms in total. The zero-order valence-corrected chi connectivity index (χ0v) is 10.4. The van der Waals surface area contributed by atoms with E-state index in [2.05, 4.69) is 25.9 Å². The Morgan fingerprint density at radius 3 is 2.07 bits per heavy atom. The second-order valence-corrected chi connectivity index (χ2v) is 5.36. The molecule has 4 atom stereocenters. The van der Waals surface area contributed by atoms with Gasteiger partial charge in [-0.25, -0.2) is 0 Å². The quantitative estimate of drug-likeness (QED) is 0.592. The van der Waals surface area contributed by atoms with E-state index in [4.69, 9.17) is 0 Å². The molecule has 15 heavy (non-hydrogen) atoms. The van der Waals surface area contributed by atoms with Crippen molar-refractivity contribution in [3.05, 3.63) is 4.91 Å². The third kappa shape index (κ3) is 3.58. The Labute approximate surface area is 93.8 Å². The first-order valence-corrected chi connectivity index (χ1v) is 6.49. The summed E-state index contributed by atoms with van der Waals surface area (Å²) in [6, 6.07) is 0.0561. The largest absolute Gasteiger partial charge is 0.151 e. The first-order valence-electron chi connectivity index (χ1n) is 6.49. The Morgan fingerprint density at radius 1 is 0.867 bits per heavy atom. The van der Waals surface area contributed by atoms with Gasteiger partial charge in [-0.2, -0.15) is 4.91 Å². The predicted molar refractivity (Wildman–Crippen MR) is 64.8 cm³/mol. The molecule has 4 unspecified atom stereocenters. The van der Waals surface area contributed by atoms with Gasteiger partial charge in [0.05, 0.1) is 6.04 Å². The summed E-state index contributed by atoms with van der Waals surface area (Å²) in [5, 5.41) is 3.34. The van der Waals surface area contributed by atoms with Gasteiger partial charge in [0.2, 0.25) is 0 Å². The molecule has 0 amide bonds. The molecule has 1 saturated carbocycles. The van der Waals surface area contributed by atoms with Crippen molar-refractivity contribution < 1.29 is 0 Å². The van der Waals surface area contributed by atoms with Crippen LogP contribution in [0.1, 0.15) is 59.3 Å². The van der Waals surface area contributed by atoms with Crippen LogP contribution in [0, 0.1) is 22.7 Å². The second-order valence-electron chi connectivity index (χ2n) is 5.36. The molecule has 0 aliphatic heterocycles. The van der Waals surface area contributed by atoms with Crippen molar-refractivity contribution in [3.8, 4) is 0 Å². The molecule has 0 spiro atoms. The number of nitrogens with zero attached hydrogens (tertiary/aromatic N) is 1. The summed E-state index contributed by atoms with van der Waals surface area (Å²) < 4.78 is 0. The standard InChI is InChI=1S/C13H25NO/c1-10-8-6-4-5-7-9-13(14-15)12(3)11(10)2/h10-13H,4-9H2,1-3H3. The van der Waals surface area contributed by atoms with Crippen LogP contribution in [0.3, 0.4) is 0 Å². The molecular formula is C13H25NO. The van der Waals surface area contributed by atoms with Crippen molar-refractivity contribution in [3.63, 3.8) is 0 Å². The van der Waals surface area contributed by atoms with Crippen LogP contribution in [0.4, 0.5) is 0 Å². The van der Waals surface area contributed by atoms with Crippen LogP contribution in [0.15, 0.2) is 5.18 Å². The highest BCUT2D eigenvalue weighted by Crippen LogP contribution is 2.31. The highest BCUT2D eigenvalue weighted by Gasteiger charge is 2.27. The van der Waals surface area contributed by atoms with Crippen LogP contribution in [-0.4, -0.2) is 6.04 Å². The Balaban J connectivity index is 2.62. The first kappa shape index (κ1) is 12.7. The van der Waals surface area contributed by atoms with E-state index in [1.54, 1.807) is 0 Å². The van der Waals surface area contributed by atoms with Crippen molar-refractivity contribution in [2.45, 2.75) is 65.3 Å². The predicted octanol–water partition coefficient (Wildman–Crippen LogP) is 4.38. The van der Waals surface area contributed by atoms with Gasteiger partial charge in [0.15, 0.2) is 0 Å². The lowest BCUT2D eigenvalue weighted by molar-refractivity contribution is 0.215. The molecule has 0 N–H and O–H groups in total. The first-order chi connectivity index (χ1) is 7.16. The fourth-order valence-corrected chi connectivity index (χ4v) is 2.72. The van der Waals surface area contributed by atoms with Crippen LogP contribution in [-0.2, 0) is 0 Å². The lowest BCUT2D eigenvalue weighted by Crippen LogP contribution is -2.27. The highest BCUT2D eigenvalue weighted by atomic mass is 16.3. The third-order valence-electron chi connectivity index (χ3n) is 4.38. The molecule has 1 aliphatic carbocycles. The molecule has 0 aromatic rings. The van der Waals surface area contributed by atoms with Crippen LogP contribution >= 0.6 is 0 Å². The summed E-state index contributed by atoms with van der Waals surface area (Å²) in [5.74, 6) is 1.82. The fraction of sp³-hybridized carbons (Fsp3) is 1.00. The smallest absolute Gasteiger partial charge is 0.0947 e. The normalized spacial score (nSPS) is 39.7. The average molecular weight is 211 g/mol. The number of hydrogen-bond acceptors (Lipinski definition) is 2. The molecule has 1 rings (SSSR count). The maximum Gasteiger partial charge on any atom is 0.0947 e. The summed E-state index contributed by atoms with van der Waals surface area (Å²) in [6.45, 7) is 6.81. The Bertz CT molecular complexity index is 193. The maximum absolute atomic E-state index is 10.8. The van der Waals surface area contributed by atoms with E-state index in [-0.39, 0.29) is 6.04 Å². The minimum Gasteiger partial charge on any atom is -0.151 e. The SMILES string of the molecule is CC1CCCCCCC(N=O)C(C)C1C. The molecule has 0 radical (unpaired) electrons. The summed E-state index contributed by atoms with van der Waals surface area (Å²) in [6.07, 6.45) is 7.47. The zero-order chi connectivity index (χ0) is 11.3. The van der Waals surface area contributed by atoms with Gasteiger partial charge >= 0.3 is 0 Å². The maximum atomic E-state index is 10.8. The minimum absolute atomic E-state index is 0.0561. The van der Waals surface area contributed by atoms with Crippen LogP contribution in [0.25, 0.3) is 0 Å². The average Bonchev–Trinajstić information content (AvgIpc) is 2.25.